The van der Waals surface area contributed by atoms with Crippen LogP contribution in [0.4, 0.5) is 0 Å². The number of hydrogen-bond acceptors (Lipinski definition) is 4. The van der Waals surface area contributed by atoms with E-state index in [1.807, 2.05) is 0 Å². The lowest BCUT2D eigenvalue weighted by atomic mass is 10.1. The molecule has 0 saturated heterocycles. The molecule has 0 bridgehead atoms. The van der Waals surface area contributed by atoms with Crippen molar-refractivity contribution in [2.45, 2.75) is 52.1 Å². The Morgan fingerprint density at radius 2 is 2.22 bits per heavy atom. The molecule has 1 aliphatic heterocycles. The lowest BCUT2D eigenvalue weighted by Gasteiger charge is -2.36. The molecule has 0 spiro atoms. The van der Waals surface area contributed by atoms with Gasteiger partial charge in [0, 0.05) is 13.3 Å². The van der Waals surface area contributed by atoms with Gasteiger partial charge in [-0.15, -0.1) is 0 Å². The third-order valence-electron chi connectivity index (χ3n) is 3.41. The summed E-state index contributed by atoms with van der Waals surface area (Å²) in [5.74, 6) is -0.259. The quantitative estimate of drug-likeness (QED) is 0.511. The summed E-state index contributed by atoms with van der Waals surface area (Å²) < 4.78 is 0.106. The molecular weight excluding hydrogens is 230 g/mol. The van der Waals surface area contributed by atoms with Crippen LogP contribution >= 0.6 is 0 Å². The molecule has 0 fully saturated rings. The minimum absolute atomic E-state index is 0.106. The Hall–Kier alpha value is -1.20. The number of amidine groups is 1. The Labute approximate surface area is 109 Å². The summed E-state index contributed by atoms with van der Waals surface area (Å²) in [6.45, 7) is 3.83. The topological polar surface area (TPSA) is 78.5 Å². The summed E-state index contributed by atoms with van der Waals surface area (Å²) in [6.07, 6.45) is 8.41. The van der Waals surface area contributed by atoms with Gasteiger partial charge in [-0.25, -0.2) is 9.48 Å². The largest absolute Gasteiger partial charge is 0.544 e. The molecule has 1 heterocycles. The summed E-state index contributed by atoms with van der Waals surface area (Å²) in [5, 5.41) is 10.9. The Morgan fingerprint density at radius 3 is 2.78 bits per heavy atom. The highest BCUT2D eigenvalue weighted by Gasteiger charge is 2.38. The first-order valence-corrected chi connectivity index (χ1v) is 6.60. The van der Waals surface area contributed by atoms with Gasteiger partial charge in [0.05, 0.1) is 12.2 Å². The molecule has 0 aliphatic carbocycles. The summed E-state index contributed by atoms with van der Waals surface area (Å²) in [4.78, 5) is 15.2. The molecule has 0 amide bonds. The molecule has 0 aromatic heterocycles. The number of unbranched alkanes of at least 4 members (excludes halogenated alkanes) is 3. The first-order chi connectivity index (χ1) is 8.53. The molecule has 5 heteroatoms. The van der Waals surface area contributed by atoms with Crippen LogP contribution < -0.4 is 10.8 Å². The van der Waals surface area contributed by atoms with E-state index < -0.39 is 5.97 Å². The Kier molecular flexibility index (Phi) is 5.50. The number of aliphatic carboxylic acids is 1. The van der Waals surface area contributed by atoms with Crippen LogP contribution in [0.3, 0.4) is 0 Å². The molecule has 0 aromatic rings. The van der Waals surface area contributed by atoms with E-state index in [4.69, 9.17) is 5.73 Å². The highest BCUT2D eigenvalue weighted by Crippen LogP contribution is 2.23. The van der Waals surface area contributed by atoms with Gasteiger partial charge in [-0.1, -0.05) is 26.2 Å². The molecular formula is C13H23N3O2. The summed E-state index contributed by atoms with van der Waals surface area (Å²) in [7, 11) is 0. The molecule has 1 rings (SSSR count). The molecule has 0 aromatic carbocycles. The highest BCUT2D eigenvalue weighted by atomic mass is 16.4. The molecule has 2 unspecified atom stereocenters. The molecule has 0 radical (unpaired) electrons. The van der Waals surface area contributed by atoms with Crippen molar-refractivity contribution in [3.63, 3.8) is 0 Å². The SMILES string of the molecule is CCCCCCC1=NC=C[N+]1(CC(=O)[O-])C(C)N. The van der Waals surface area contributed by atoms with Crippen LogP contribution in [-0.2, 0) is 4.79 Å². The van der Waals surface area contributed by atoms with Crippen LogP contribution in [0, 0.1) is 0 Å². The summed E-state index contributed by atoms with van der Waals surface area (Å²) >= 11 is 0. The Balaban J connectivity index is 2.68. The van der Waals surface area contributed by atoms with Gasteiger partial charge in [-0.3, -0.25) is 5.73 Å². The number of carbonyl (C=O) groups excluding carboxylic acids is 1. The third-order valence-corrected chi connectivity index (χ3v) is 3.41. The molecule has 18 heavy (non-hydrogen) atoms. The van der Waals surface area contributed by atoms with E-state index in [1.165, 1.54) is 12.8 Å². The van der Waals surface area contributed by atoms with Crippen molar-refractivity contribution in [2.24, 2.45) is 10.7 Å². The zero-order valence-corrected chi connectivity index (χ0v) is 11.3. The molecule has 1 aliphatic rings. The number of carboxylic acid groups (broad SMARTS) is 1. The van der Waals surface area contributed by atoms with Gasteiger partial charge in [-0.05, 0) is 6.42 Å². The van der Waals surface area contributed by atoms with Crippen LogP contribution in [-0.4, -0.2) is 29.0 Å². The van der Waals surface area contributed by atoms with Gasteiger partial charge in [0.25, 0.3) is 0 Å². The molecule has 2 atom stereocenters. The zero-order valence-electron chi connectivity index (χ0n) is 11.3. The van der Waals surface area contributed by atoms with Crippen LogP contribution in [0.2, 0.25) is 0 Å². The average Bonchev–Trinajstić information content (AvgIpc) is 2.68. The number of nitrogens with zero attached hydrogens (tertiary/aromatic N) is 2. The van der Waals surface area contributed by atoms with E-state index in [-0.39, 0.29) is 17.2 Å². The number of aliphatic imine (C=N–C) groups is 1. The fourth-order valence-corrected chi connectivity index (χ4v) is 2.29. The highest BCUT2D eigenvalue weighted by molar-refractivity contribution is 5.81. The van der Waals surface area contributed by atoms with Crippen molar-refractivity contribution in [3.05, 3.63) is 12.4 Å². The number of carboxylic acids is 1. The lowest BCUT2D eigenvalue weighted by molar-refractivity contribution is -0.808. The lowest BCUT2D eigenvalue weighted by Crippen LogP contribution is -2.60. The average molecular weight is 253 g/mol. The van der Waals surface area contributed by atoms with E-state index in [2.05, 4.69) is 11.9 Å². The van der Waals surface area contributed by atoms with Crippen LogP contribution in [0.25, 0.3) is 0 Å². The first kappa shape index (κ1) is 14.9. The van der Waals surface area contributed by atoms with Gasteiger partial charge in [-0.2, -0.15) is 0 Å². The van der Waals surface area contributed by atoms with Crippen LogP contribution in [0.15, 0.2) is 17.4 Å². The number of hydrogen-bond donors (Lipinski definition) is 1. The minimum Gasteiger partial charge on any atom is -0.544 e. The number of carbonyl (C=O) groups is 1. The minimum atomic E-state index is -1.10. The first-order valence-electron chi connectivity index (χ1n) is 6.60. The second-order valence-corrected chi connectivity index (χ2v) is 4.86. The van der Waals surface area contributed by atoms with Crippen molar-refractivity contribution < 1.29 is 14.4 Å². The molecule has 0 saturated carbocycles. The monoisotopic (exact) mass is 253 g/mol. The fraction of sp³-hybridized carbons (Fsp3) is 0.692. The summed E-state index contributed by atoms with van der Waals surface area (Å²) in [6, 6.07) is 0. The van der Waals surface area contributed by atoms with Gasteiger partial charge in [0.1, 0.15) is 18.9 Å². The smallest absolute Gasteiger partial charge is 0.209 e. The van der Waals surface area contributed by atoms with Crippen LogP contribution in [0.5, 0.6) is 0 Å². The normalized spacial score (nSPS) is 24.1. The maximum absolute atomic E-state index is 10.9. The predicted octanol–water partition coefficient (Wildman–Crippen LogP) is 0.712. The zero-order chi connectivity index (χ0) is 13.6. The Morgan fingerprint density at radius 1 is 1.50 bits per heavy atom. The van der Waals surface area contributed by atoms with E-state index >= 15 is 0 Å². The predicted molar refractivity (Wildman–Crippen MR) is 69.1 cm³/mol. The standard InChI is InChI=1S/C13H23N3O2/c1-3-4-5-6-7-12-15-8-9-16(12,11(2)14)10-13(17)18/h8-9,11H,3-7,10,14H2,1-2H3. The van der Waals surface area contributed by atoms with Crippen molar-refractivity contribution in [1.82, 2.24) is 0 Å². The van der Waals surface area contributed by atoms with Crippen molar-refractivity contribution >= 4 is 11.8 Å². The van der Waals surface area contributed by atoms with E-state index in [0.717, 1.165) is 25.1 Å². The van der Waals surface area contributed by atoms with E-state index in [1.54, 1.807) is 19.3 Å². The van der Waals surface area contributed by atoms with Gasteiger partial charge >= 0.3 is 0 Å². The second-order valence-electron chi connectivity index (χ2n) is 4.86. The molecule has 2 N–H and O–H groups in total. The fourth-order valence-electron chi connectivity index (χ4n) is 2.29. The van der Waals surface area contributed by atoms with Gasteiger partial charge < -0.3 is 9.90 Å². The maximum atomic E-state index is 10.9. The number of quaternary nitrogens is 1. The Bertz CT molecular complexity index is 350. The second kappa shape index (κ2) is 6.66. The van der Waals surface area contributed by atoms with Crippen molar-refractivity contribution in [1.29, 1.82) is 0 Å². The molecule has 102 valence electrons. The number of nitrogens with two attached hydrogens (primary N) is 1. The van der Waals surface area contributed by atoms with Gasteiger partial charge in [0.2, 0.25) is 5.84 Å². The van der Waals surface area contributed by atoms with E-state index in [9.17, 15) is 9.90 Å². The number of rotatable bonds is 8. The van der Waals surface area contributed by atoms with E-state index in [0.29, 0.717) is 0 Å². The summed E-state index contributed by atoms with van der Waals surface area (Å²) in [5.41, 5.74) is 5.95. The third kappa shape index (κ3) is 3.40. The van der Waals surface area contributed by atoms with Crippen molar-refractivity contribution in [2.75, 3.05) is 6.54 Å². The maximum Gasteiger partial charge on any atom is 0.209 e. The van der Waals surface area contributed by atoms with Crippen LogP contribution in [0.1, 0.15) is 46.0 Å². The van der Waals surface area contributed by atoms with Gasteiger partial charge in [0.15, 0.2) is 0 Å². The van der Waals surface area contributed by atoms with Crippen molar-refractivity contribution in [3.8, 4) is 0 Å². The molecule has 5 nitrogen and oxygen atoms in total.